The summed E-state index contributed by atoms with van der Waals surface area (Å²) in [6, 6.07) is 0. The van der Waals surface area contributed by atoms with Crippen LogP contribution in [0.3, 0.4) is 0 Å². The Morgan fingerprint density at radius 2 is 2.27 bits per heavy atom. The third kappa shape index (κ3) is 1.50. The van der Waals surface area contributed by atoms with Crippen molar-refractivity contribution in [3.05, 3.63) is 0 Å². The molecule has 0 aromatic rings. The molecule has 0 radical (unpaired) electrons. The molecule has 1 rings (SSSR count). The van der Waals surface area contributed by atoms with E-state index in [0.717, 1.165) is 0 Å². The van der Waals surface area contributed by atoms with Crippen LogP contribution in [0.4, 0.5) is 0 Å². The zero-order chi connectivity index (χ0) is 8.43. The lowest BCUT2D eigenvalue weighted by molar-refractivity contribution is -0.142. The van der Waals surface area contributed by atoms with Gasteiger partial charge in [0.15, 0.2) is 0 Å². The molecule has 1 saturated heterocycles. The summed E-state index contributed by atoms with van der Waals surface area (Å²) in [5, 5.41) is 8.65. The molecule has 1 heterocycles. The van der Waals surface area contributed by atoms with Gasteiger partial charge in [0.05, 0.1) is 5.92 Å². The fourth-order valence-corrected chi connectivity index (χ4v) is 1.41. The number of nitrogens with zero attached hydrogens (tertiary/aromatic N) is 1. The van der Waals surface area contributed by atoms with Crippen LogP contribution in [0, 0.1) is 11.8 Å². The van der Waals surface area contributed by atoms with E-state index in [2.05, 4.69) is 0 Å². The largest absolute Gasteiger partial charge is 0.481 e. The van der Waals surface area contributed by atoms with Gasteiger partial charge in [-0.05, 0) is 5.92 Å². The Bertz CT molecular complexity index is 181. The third-order valence-electron chi connectivity index (χ3n) is 2.11. The number of amides is 1. The van der Waals surface area contributed by atoms with Gasteiger partial charge in [0.25, 0.3) is 0 Å². The van der Waals surface area contributed by atoms with Crippen molar-refractivity contribution in [2.45, 2.75) is 6.92 Å². The van der Waals surface area contributed by atoms with E-state index >= 15 is 0 Å². The summed E-state index contributed by atoms with van der Waals surface area (Å²) >= 11 is 0. The first kappa shape index (κ1) is 8.04. The number of rotatable bonds is 2. The molecule has 0 bridgehead atoms. The van der Waals surface area contributed by atoms with Crippen LogP contribution in [-0.4, -0.2) is 35.5 Å². The summed E-state index contributed by atoms with van der Waals surface area (Å²) < 4.78 is 0. The van der Waals surface area contributed by atoms with Crippen LogP contribution in [0.15, 0.2) is 0 Å². The monoisotopic (exact) mass is 157 g/mol. The van der Waals surface area contributed by atoms with E-state index in [1.54, 1.807) is 0 Å². The summed E-state index contributed by atoms with van der Waals surface area (Å²) in [6.45, 7) is 2.78. The van der Waals surface area contributed by atoms with Crippen molar-refractivity contribution in [1.29, 1.82) is 0 Å². The Balaban J connectivity index is 2.58. The lowest BCUT2D eigenvalue weighted by atomic mass is 9.99. The van der Waals surface area contributed by atoms with Gasteiger partial charge in [-0.3, -0.25) is 9.59 Å². The maximum Gasteiger partial charge on any atom is 0.308 e. The Hall–Kier alpha value is -1.06. The minimum Gasteiger partial charge on any atom is -0.481 e. The molecule has 1 amide bonds. The van der Waals surface area contributed by atoms with Gasteiger partial charge in [0, 0.05) is 13.1 Å². The Labute approximate surface area is 64.8 Å². The fourth-order valence-electron chi connectivity index (χ4n) is 1.41. The minimum atomic E-state index is -0.804. The van der Waals surface area contributed by atoms with Gasteiger partial charge < -0.3 is 10.0 Å². The van der Waals surface area contributed by atoms with Crippen LogP contribution >= 0.6 is 0 Å². The van der Waals surface area contributed by atoms with Crippen LogP contribution in [-0.2, 0) is 9.59 Å². The van der Waals surface area contributed by atoms with Crippen LogP contribution in [0.5, 0.6) is 0 Å². The van der Waals surface area contributed by atoms with Gasteiger partial charge in [0.2, 0.25) is 6.41 Å². The maximum absolute atomic E-state index is 10.5. The topological polar surface area (TPSA) is 57.6 Å². The van der Waals surface area contributed by atoms with Crippen molar-refractivity contribution < 1.29 is 14.7 Å². The highest BCUT2D eigenvalue weighted by atomic mass is 16.4. The van der Waals surface area contributed by atoms with Crippen LogP contribution < -0.4 is 0 Å². The average molecular weight is 157 g/mol. The Kier molecular flexibility index (Phi) is 2.12. The van der Waals surface area contributed by atoms with E-state index in [9.17, 15) is 9.59 Å². The SMILES string of the molecule is CC1CN(C=O)CC1C(=O)O. The van der Waals surface area contributed by atoms with Crippen molar-refractivity contribution in [2.75, 3.05) is 13.1 Å². The first-order chi connectivity index (χ1) is 5.15. The number of aliphatic carboxylic acids is 1. The summed E-state index contributed by atoms with van der Waals surface area (Å²) in [5.74, 6) is -1.10. The lowest BCUT2D eigenvalue weighted by Gasteiger charge is -2.05. The first-order valence-electron chi connectivity index (χ1n) is 3.57. The molecule has 0 saturated carbocycles. The van der Waals surface area contributed by atoms with E-state index < -0.39 is 5.97 Å². The quantitative estimate of drug-likeness (QED) is 0.564. The highest BCUT2D eigenvalue weighted by Crippen LogP contribution is 2.21. The zero-order valence-electron chi connectivity index (χ0n) is 6.36. The number of carboxylic acid groups (broad SMARTS) is 1. The van der Waals surface area contributed by atoms with Gasteiger partial charge in [-0.15, -0.1) is 0 Å². The number of hydrogen-bond acceptors (Lipinski definition) is 2. The van der Waals surface area contributed by atoms with Crippen molar-refractivity contribution in [1.82, 2.24) is 4.90 Å². The predicted octanol–water partition coefficient (Wildman–Crippen LogP) is -0.205. The number of carbonyl (C=O) groups excluding carboxylic acids is 1. The lowest BCUT2D eigenvalue weighted by Crippen LogP contribution is -2.22. The molecule has 1 fully saturated rings. The molecule has 2 unspecified atom stereocenters. The standard InChI is InChI=1S/C7H11NO3/c1-5-2-8(4-9)3-6(5)7(10)11/h4-6H,2-3H2,1H3,(H,10,11). The molecule has 1 aliphatic heterocycles. The van der Waals surface area contributed by atoms with E-state index in [1.165, 1.54) is 4.90 Å². The molecule has 0 spiro atoms. The molecule has 2 atom stereocenters. The molecule has 4 heteroatoms. The zero-order valence-corrected chi connectivity index (χ0v) is 6.36. The van der Waals surface area contributed by atoms with Crippen molar-refractivity contribution in [3.63, 3.8) is 0 Å². The van der Waals surface area contributed by atoms with E-state index in [-0.39, 0.29) is 11.8 Å². The number of likely N-dealkylation sites (tertiary alicyclic amines) is 1. The summed E-state index contributed by atoms with van der Waals surface area (Å²) in [4.78, 5) is 22.3. The molecule has 11 heavy (non-hydrogen) atoms. The normalized spacial score (nSPS) is 30.5. The Morgan fingerprint density at radius 3 is 2.55 bits per heavy atom. The van der Waals surface area contributed by atoms with E-state index in [1.807, 2.05) is 6.92 Å². The Morgan fingerprint density at radius 1 is 1.64 bits per heavy atom. The second-order valence-electron chi connectivity index (χ2n) is 2.98. The molecule has 62 valence electrons. The predicted molar refractivity (Wildman–Crippen MR) is 37.9 cm³/mol. The molecule has 1 N–H and O–H groups in total. The van der Waals surface area contributed by atoms with Crippen LogP contribution in [0.2, 0.25) is 0 Å². The third-order valence-corrected chi connectivity index (χ3v) is 2.11. The van der Waals surface area contributed by atoms with Gasteiger partial charge >= 0.3 is 5.97 Å². The van der Waals surface area contributed by atoms with Gasteiger partial charge in [0.1, 0.15) is 0 Å². The fraction of sp³-hybridized carbons (Fsp3) is 0.714. The minimum absolute atomic E-state index is 0.0812. The van der Waals surface area contributed by atoms with Gasteiger partial charge in [-0.1, -0.05) is 6.92 Å². The van der Waals surface area contributed by atoms with Crippen LogP contribution in [0.25, 0.3) is 0 Å². The highest BCUT2D eigenvalue weighted by molar-refractivity contribution is 5.71. The number of carbonyl (C=O) groups is 2. The van der Waals surface area contributed by atoms with E-state index in [0.29, 0.717) is 19.5 Å². The highest BCUT2D eigenvalue weighted by Gasteiger charge is 2.33. The van der Waals surface area contributed by atoms with Crippen molar-refractivity contribution in [3.8, 4) is 0 Å². The van der Waals surface area contributed by atoms with Gasteiger partial charge in [-0.25, -0.2) is 0 Å². The molecule has 0 aliphatic carbocycles. The first-order valence-corrected chi connectivity index (χ1v) is 3.57. The van der Waals surface area contributed by atoms with Crippen molar-refractivity contribution in [2.24, 2.45) is 11.8 Å². The van der Waals surface area contributed by atoms with Gasteiger partial charge in [-0.2, -0.15) is 0 Å². The summed E-state index contributed by atoms with van der Waals surface area (Å²) in [6.07, 6.45) is 0.708. The maximum atomic E-state index is 10.5. The molecular weight excluding hydrogens is 146 g/mol. The average Bonchev–Trinajstić information content (AvgIpc) is 2.30. The molecule has 0 aromatic carbocycles. The molecule has 4 nitrogen and oxygen atoms in total. The summed E-state index contributed by atoms with van der Waals surface area (Å²) in [5.41, 5.74) is 0. The second-order valence-corrected chi connectivity index (χ2v) is 2.98. The van der Waals surface area contributed by atoms with Crippen molar-refractivity contribution >= 4 is 12.4 Å². The molecule has 0 aromatic heterocycles. The number of hydrogen-bond donors (Lipinski definition) is 1. The molecular formula is C7H11NO3. The van der Waals surface area contributed by atoms with E-state index in [4.69, 9.17) is 5.11 Å². The summed E-state index contributed by atoms with van der Waals surface area (Å²) in [7, 11) is 0. The number of carboxylic acids is 1. The second kappa shape index (κ2) is 2.90. The smallest absolute Gasteiger partial charge is 0.308 e. The van der Waals surface area contributed by atoms with Crippen LogP contribution in [0.1, 0.15) is 6.92 Å². The molecule has 1 aliphatic rings.